The first kappa shape index (κ1) is 29.6. The second-order valence-corrected chi connectivity index (χ2v) is 9.81. The van der Waals surface area contributed by atoms with Gasteiger partial charge in [-0.3, -0.25) is 9.36 Å². The molecule has 0 fully saturated rings. The molecule has 0 saturated heterocycles. The van der Waals surface area contributed by atoms with Crippen LogP contribution >= 0.6 is 34.8 Å². The summed E-state index contributed by atoms with van der Waals surface area (Å²) in [6.07, 6.45) is -8.73. The molecule has 1 N–H and O–H groups in total. The molecule has 0 radical (unpaired) electrons. The van der Waals surface area contributed by atoms with E-state index in [1.54, 1.807) is 18.2 Å². The van der Waals surface area contributed by atoms with Crippen molar-refractivity contribution in [1.82, 2.24) is 29.1 Å². The van der Waals surface area contributed by atoms with E-state index >= 15 is 0 Å². The Morgan fingerprint density at radius 3 is 2.27 bits per heavy atom. The maximum atomic E-state index is 13.2. The Kier molecular flexibility index (Phi) is 8.59. The highest BCUT2D eigenvalue weighted by atomic mass is 35.5. The number of carbonyl (C=O) groups is 1. The largest absolute Gasteiger partial charge is 0.455 e. The fourth-order valence-corrected chi connectivity index (χ4v) is 4.47. The van der Waals surface area contributed by atoms with Crippen molar-refractivity contribution < 1.29 is 27.8 Å². The molecule has 10 nitrogen and oxygen atoms in total. The van der Waals surface area contributed by atoms with Crippen molar-refractivity contribution in [1.29, 1.82) is 0 Å². The van der Waals surface area contributed by atoms with E-state index in [2.05, 4.69) is 15.2 Å². The summed E-state index contributed by atoms with van der Waals surface area (Å²) in [7, 11) is 0. The van der Waals surface area contributed by atoms with Gasteiger partial charge in [-0.1, -0.05) is 40.9 Å². The fourth-order valence-electron chi connectivity index (χ4n) is 3.79. The Hall–Kier alpha value is -3.39. The normalized spacial score (nSPS) is 13.3. The maximum absolute atomic E-state index is 13.2. The molecule has 0 spiro atoms. The first-order valence-corrected chi connectivity index (χ1v) is 12.7. The first-order valence-electron chi connectivity index (χ1n) is 11.5. The quantitative estimate of drug-likeness (QED) is 0.280. The van der Waals surface area contributed by atoms with Crippen molar-refractivity contribution in [2.24, 2.45) is 0 Å². The van der Waals surface area contributed by atoms with Crippen molar-refractivity contribution in [2.45, 2.75) is 45.3 Å². The standard InChI is InChI=1S/C24H20Cl3F3N6O4/c1-12(40-13(2)37)21-31-19(32-36(21)20-16(26)4-3-5-17(20)27)11-35-23(39)34(10-18(38)24(28,29)30)22(33-35)14-6-8-15(25)9-7-14/h3-9,12,18,38H,10-11H2,1-2H3. The van der Waals surface area contributed by atoms with Crippen LogP contribution in [0.25, 0.3) is 17.1 Å². The summed E-state index contributed by atoms with van der Waals surface area (Å²) in [5.41, 5.74) is -0.457. The van der Waals surface area contributed by atoms with Gasteiger partial charge >= 0.3 is 17.8 Å². The average Bonchev–Trinajstić information content (AvgIpc) is 3.40. The molecule has 0 aliphatic heterocycles. The molecule has 16 heteroatoms. The van der Waals surface area contributed by atoms with Gasteiger partial charge in [0.1, 0.15) is 12.2 Å². The van der Waals surface area contributed by atoms with Gasteiger partial charge in [-0.25, -0.2) is 19.1 Å². The number of alkyl halides is 3. The SMILES string of the molecule is CC(=O)OC(C)c1nc(Cn2nc(-c3ccc(Cl)cc3)n(CC(O)C(F)(F)F)c2=O)nn1-c1c(Cl)cccc1Cl. The molecule has 40 heavy (non-hydrogen) atoms. The molecule has 2 atom stereocenters. The number of nitrogens with zero attached hydrogens (tertiary/aromatic N) is 6. The minimum atomic E-state index is -4.98. The molecule has 2 aromatic carbocycles. The Balaban J connectivity index is 1.82. The lowest BCUT2D eigenvalue weighted by Gasteiger charge is -2.15. The summed E-state index contributed by atoms with van der Waals surface area (Å²) in [5.74, 6) is -0.652. The first-order chi connectivity index (χ1) is 18.8. The third kappa shape index (κ3) is 6.33. The minimum Gasteiger partial charge on any atom is -0.455 e. The zero-order valence-corrected chi connectivity index (χ0v) is 23.0. The van der Waals surface area contributed by atoms with Crippen molar-refractivity contribution >= 4 is 40.8 Å². The van der Waals surface area contributed by atoms with E-state index in [4.69, 9.17) is 39.5 Å². The van der Waals surface area contributed by atoms with Crippen LogP contribution in [0.3, 0.4) is 0 Å². The van der Waals surface area contributed by atoms with Crippen LogP contribution in [0, 0.1) is 0 Å². The number of aromatic nitrogens is 6. The number of esters is 1. The van der Waals surface area contributed by atoms with Gasteiger partial charge in [0, 0.05) is 17.5 Å². The second kappa shape index (κ2) is 11.6. The van der Waals surface area contributed by atoms with Crippen molar-refractivity contribution in [3.05, 3.63) is 79.7 Å². The molecule has 212 valence electrons. The third-order valence-electron chi connectivity index (χ3n) is 5.58. The van der Waals surface area contributed by atoms with Crippen molar-refractivity contribution in [3.63, 3.8) is 0 Å². The number of aliphatic hydroxyl groups is 1. The molecular formula is C24H20Cl3F3N6O4. The molecule has 0 aliphatic carbocycles. The van der Waals surface area contributed by atoms with E-state index in [0.29, 0.717) is 9.59 Å². The van der Waals surface area contributed by atoms with Crippen LogP contribution in [0.4, 0.5) is 13.2 Å². The van der Waals surface area contributed by atoms with Gasteiger partial charge in [-0.15, -0.1) is 10.2 Å². The number of carbonyl (C=O) groups excluding carboxylic acids is 1. The molecule has 0 amide bonds. The van der Waals surface area contributed by atoms with Crippen molar-refractivity contribution in [3.8, 4) is 17.1 Å². The lowest BCUT2D eigenvalue weighted by molar-refractivity contribution is -0.207. The maximum Gasteiger partial charge on any atom is 0.416 e. The van der Waals surface area contributed by atoms with Crippen LogP contribution < -0.4 is 5.69 Å². The van der Waals surface area contributed by atoms with Gasteiger partial charge in [0.05, 0.1) is 16.6 Å². The summed E-state index contributed by atoms with van der Waals surface area (Å²) >= 11 is 18.6. The lowest BCUT2D eigenvalue weighted by atomic mass is 10.2. The number of para-hydroxylation sites is 1. The summed E-state index contributed by atoms with van der Waals surface area (Å²) < 4.78 is 47.5. The van der Waals surface area contributed by atoms with Crippen LogP contribution in [0.1, 0.15) is 31.6 Å². The Morgan fingerprint density at radius 1 is 1.07 bits per heavy atom. The Bertz CT molecular complexity index is 1580. The molecule has 0 aliphatic rings. The molecule has 2 unspecified atom stereocenters. The Morgan fingerprint density at radius 2 is 1.70 bits per heavy atom. The zero-order valence-electron chi connectivity index (χ0n) is 20.7. The van der Waals surface area contributed by atoms with Crippen LogP contribution in [0.15, 0.2) is 47.3 Å². The summed E-state index contributed by atoms with van der Waals surface area (Å²) in [6.45, 7) is 1.24. The number of aliphatic hydroxyl groups excluding tert-OH is 1. The Labute approximate surface area is 239 Å². The predicted octanol–water partition coefficient (Wildman–Crippen LogP) is 4.85. The van der Waals surface area contributed by atoms with E-state index in [1.807, 2.05) is 0 Å². The monoisotopic (exact) mass is 618 g/mol. The van der Waals surface area contributed by atoms with Crippen LogP contribution in [-0.4, -0.2) is 52.5 Å². The highest BCUT2D eigenvalue weighted by Gasteiger charge is 2.39. The summed E-state index contributed by atoms with van der Waals surface area (Å²) in [5, 5.41) is 19.0. The number of benzene rings is 2. The summed E-state index contributed by atoms with van der Waals surface area (Å²) in [6, 6.07) is 10.6. The average molecular weight is 620 g/mol. The lowest BCUT2D eigenvalue weighted by Crippen LogP contribution is -2.37. The van der Waals surface area contributed by atoms with Gasteiger partial charge in [0.15, 0.2) is 29.7 Å². The van der Waals surface area contributed by atoms with Crippen LogP contribution in [-0.2, 0) is 22.6 Å². The van der Waals surface area contributed by atoms with E-state index < -0.39 is 43.1 Å². The van der Waals surface area contributed by atoms with E-state index in [0.717, 1.165) is 4.68 Å². The molecule has 4 aromatic rings. The predicted molar refractivity (Wildman–Crippen MR) is 140 cm³/mol. The fraction of sp³-hybridized carbons (Fsp3) is 0.292. The number of rotatable bonds is 8. The third-order valence-corrected chi connectivity index (χ3v) is 6.44. The summed E-state index contributed by atoms with van der Waals surface area (Å²) in [4.78, 5) is 29.2. The second-order valence-electron chi connectivity index (χ2n) is 8.56. The zero-order chi connectivity index (χ0) is 29.4. The number of hydrogen-bond acceptors (Lipinski definition) is 7. The number of halogens is 6. The number of hydrogen-bond donors (Lipinski definition) is 1. The molecular weight excluding hydrogens is 600 g/mol. The van der Waals surface area contributed by atoms with Crippen LogP contribution in [0.2, 0.25) is 15.1 Å². The molecule has 2 heterocycles. The highest BCUT2D eigenvalue weighted by Crippen LogP contribution is 2.31. The van der Waals surface area contributed by atoms with E-state index in [1.165, 1.54) is 42.8 Å². The smallest absolute Gasteiger partial charge is 0.416 e. The van der Waals surface area contributed by atoms with Gasteiger partial charge in [0.2, 0.25) is 0 Å². The molecule has 2 aromatic heterocycles. The van der Waals surface area contributed by atoms with Crippen LogP contribution in [0.5, 0.6) is 0 Å². The molecule has 0 saturated carbocycles. The van der Waals surface area contributed by atoms with Gasteiger partial charge < -0.3 is 9.84 Å². The van der Waals surface area contributed by atoms with E-state index in [-0.39, 0.29) is 38.8 Å². The van der Waals surface area contributed by atoms with Gasteiger partial charge in [-0.2, -0.15) is 13.2 Å². The number of ether oxygens (including phenoxy) is 1. The molecule has 4 rings (SSSR count). The van der Waals surface area contributed by atoms with Gasteiger partial charge in [-0.05, 0) is 43.3 Å². The van der Waals surface area contributed by atoms with E-state index in [9.17, 15) is 27.9 Å². The van der Waals surface area contributed by atoms with Crippen molar-refractivity contribution in [2.75, 3.05) is 0 Å². The molecule has 0 bridgehead atoms. The highest BCUT2D eigenvalue weighted by molar-refractivity contribution is 6.37. The minimum absolute atomic E-state index is 0.0178. The van der Waals surface area contributed by atoms with Gasteiger partial charge in [0.25, 0.3) is 0 Å². The topological polar surface area (TPSA) is 117 Å².